The molecule has 37 heavy (non-hydrogen) atoms. The summed E-state index contributed by atoms with van der Waals surface area (Å²) >= 11 is 0. The summed E-state index contributed by atoms with van der Waals surface area (Å²) in [5.74, 6) is -0.458. The van der Waals surface area contributed by atoms with Crippen LogP contribution in [0.2, 0.25) is 0 Å². The molecule has 6 nitrogen and oxygen atoms in total. The molecule has 0 saturated carbocycles. The Hall–Kier alpha value is -5.04. The van der Waals surface area contributed by atoms with Crippen molar-refractivity contribution in [3.8, 4) is 34.0 Å². The van der Waals surface area contributed by atoms with E-state index >= 15 is 0 Å². The summed E-state index contributed by atoms with van der Waals surface area (Å²) in [6.07, 6.45) is 3.44. The zero-order valence-corrected chi connectivity index (χ0v) is 20.0. The van der Waals surface area contributed by atoms with Crippen LogP contribution in [0.25, 0.3) is 22.5 Å². The molecule has 0 saturated heterocycles. The molecule has 3 aromatic carbocycles. The van der Waals surface area contributed by atoms with Gasteiger partial charge in [-0.2, -0.15) is 0 Å². The Kier molecular flexibility index (Phi) is 6.86. The second kappa shape index (κ2) is 10.7. The molecule has 5 rings (SSSR count). The minimum Gasteiger partial charge on any atom is -0.423 e. The molecular formula is C30H21BN2O4. The number of pyridine rings is 2. The van der Waals surface area contributed by atoms with Crippen molar-refractivity contribution in [1.82, 2.24) is 9.97 Å². The van der Waals surface area contributed by atoms with Gasteiger partial charge in [-0.25, -0.2) is 9.59 Å². The first-order chi connectivity index (χ1) is 18.0. The monoisotopic (exact) mass is 484 g/mol. The fraction of sp³-hybridized carbons (Fsp3) is 0. The summed E-state index contributed by atoms with van der Waals surface area (Å²) in [5.41, 5.74) is 5.01. The van der Waals surface area contributed by atoms with Gasteiger partial charge < -0.3 is 9.47 Å². The predicted octanol–water partition coefficient (Wildman–Crippen LogP) is 4.51. The van der Waals surface area contributed by atoms with E-state index in [0.29, 0.717) is 11.1 Å². The summed E-state index contributed by atoms with van der Waals surface area (Å²) in [6.45, 7) is 0. The molecule has 0 radical (unpaired) electrons. The van der Waals surface area contributed by atoms with E-state index in [1.807, 2.05) is 68.5 Å². The first kappa shape index (κ1) is 23.7. The summed E-state index contributed by atoms with van der Waals surface area (Å²) in [5, 5.41) is 0. The molecule has 0 fully saturated rings. The van der Waals surface area contributed by atoms with Crippen LogP contribution in [0.1, 0.15) is 20.7 Å². The van der Waals surface area contributed by atoms with Crippen LogP contribution in [0.15, 0.2) is 116 Å². The number of rotatable bonds is 6. The van der Waals surface area contributed by atoms with Crippen molar-refractivity contribution in [2.45, 2.75) is 0 Å². The Labute approximate surface area is 215 Å². The molecule has 0 bridgehead atoms. The van der Waals surface area contributed by atoms with Crippen molar-refractivity contribution in [2.75, 3.05) is 0 Å². The molecule has 0 aliphatic heterocycles. The third-order valence-electron chi connectivity index (χ3n) is 5.61. The predicted molar refractivity (Wildman–Crippen MR) is 144 cm³/mol. The summed E-state index contributed by atoms with van der Waals surface area (Å²) < 4.78 is 11.1. The van der Waals surface area contributed by atoms with E-state index in [1.165, 1.54) is 6.07 Å². The lowest BCUT2D eigenvalue weighted by molar-refractivity contribution is 0.0733. The molecule has 0 amide bonds. The Balaban J connectivity index is 1.26. The Morgan fingerprint density at radius 1 is 0.568 bits per heavy atom. The molecule has 2 aromatic heterocycles. The Morgan fingerprint density at radius 3 is 1.38 bits per heavy atom. The third-order valence-corrected chi connectivity index (χ3v) is 5.61. The number of ether oxygens (including phenoxy) is 2. The van der Waals surface area contributed by atoms with Gasteiger partial charge in [0, 0.05) is 29.6 Å². The van der Waals surface area contributed by atoms with Crippen LogP contribution in [0.4, 0.5) is 0 Å². The molecule has 0 aliphatic rings. The fourth-order valence-electron chi connectivity index (χ4n) is 3.78. The number of esters is 2. The highest BCUT2D eigenvalue weighted by molar-refractivity contribution is 6.32. The van der Waals surface area contributed by atoms with Gasteiger partial charge >= 0.3 is 11.9 Å². The van der Waals surface area contributed by atoms with Crippen LogP contribution in [-0.2, 0) is 0 Å². The van der Waals surface area contributed by atoms with E-state index in [1.54, 1.807) is 48.8 Å². The topological polar surface area (TPSA) is 78.4 Å². The highest BCUT2D eigenvalue weighted by atomic mass is 16.5. The second-order valence-corrected chi connectivity index (χ2v) is 8.35. The molecule has 0 unspecified atom stereocenters. The van der Waals surface area contributed by atoms with E-state index in [2.05, 4.69) is 9.97 Å². The zero-order valence-electron chi connectivity index (χ0n) is 20.0. The molecule has 0 aliphatic carbocycles. The van der Waals surface area contributed by atoms with Gasteiger partial charge in [-0.3, -0.25) is 9.97 Å². The van der Waals surface area contributed by atoms with Gasteiger partial charge in [-0.1, -0.05) is 41.9 Å². The minimum absolute atomic E-state index is 0.284. The maximum Gasteiger partial charge on any atom is 0.343 e. The number of hydrogen-bond acceptors (Lipinski definition) is 6. The maximum absolute atomic E-state index is 12.7. The van der Waals surface area contributed by atoms with E-state index < -0.39 is 11.9 Å². The normalized spacial score (nSPS) is 10.5. The SMILES string of the molecule is Bc1cc(OC(=O)c2ccc(-c3ccccn3)cc2)cc(OC(=O)c2ccc(-c3ccccn3)cc2)c1. The summed E-state index contributed by atoms with van der Waals surface area (Å²) in [6, 6.07) is 30.3. The van der Waals surface area contributed by atoms with Crippen molar-refractivity contribution in [2.24, 2.45) is 0 Å². The standard InChI is InChI=1S/C30H21BN2O4/c31-24-17-25(36-29(34)22-11-7-20(8-12-22)27-5-1-3-15-32-27)19-26(18-24)37-30(35)23-13-9-21(10-14-23)28-6-2-4-16-33-28/h1-19H,31H2. The average molecular weight is 484 g/mol. The first-order valence-electron chi connectivity index (χ1n) is 11.6. The number of carbonyl (C=O) groups is 2. The third kappa shape index (κ3) is 5.79. The zero-order chi connectivity index (χ0) is 25.6. The number of hydrogen-bond donors (Lipinski definition) is 0. The van der Waals surface area contributed by atoms with Crippen LogP contribution in [0.3, 0.4) is 0 Å². The maximum atomic E-state index is 12.7. The molecule has 0 spiro atoms. The molecular weight excluding hydrogens is 463 g/mol. The van der Waals surface area contributed by atoms with Gasteiger partial charge in [0.2, 0.25) is 0 Å². The van der Waals surface area contributed by atoms with Gasteiger partial charge in [0.15, 0.2) is 0 Å². The van der Waals surface area contributed by atoms with Crippen LogP contribution >= 0.6 is 0 Å². The lowest BCUT2D eigenvalue weighted by atomic mass is 9.96. The smallest absolute Gasteiger partial charge is 0.343 e. The van der Waals surface area contributed by atoms with Crippen LogP contribution < -0.4 is 14.9 Å². The molecule has 0 atom stereocenters. The second-order valence-electron chi connectivity index (χ2n) is 8.35. The van der Waals surface area contributed by atoms with E-state index in [4.69, 9.17) is 9.47 Å². The van der Waals surface area contributed by atoms with E-state index in [-0.39, 0.29) is 11.5 Å². The lowest BCUT2D eigenvalue weighted by Crippen LogP contribution is -2.13. The molecule has 7 heteroatoms. The quantitative estimate of drug-likeness (QED) is 0.201. The summed E-state index contributed by atoms with van der Waals surface area (Å²) in [4.78, 5) is 34.1. The van der Waals surface area contributed by atoms with Gasteiger partial charge in [0.25, 0.3) is 0 Å². The highest BCUT2D eigenvalue weighted by Crippen LogP contribution is 2.23. The van der Waals surface area contributed by atoms with Gasteiger partial charge in [-0.15, -0.1) is 0 Å². The fourth-order valence-corrected chi connectivity index (χ4v) is 3.78. The van der Waals surface area contributed by atoms with Crippen molar-refractivity contribution in [1.29, 1.82) is 0 Å². The minimum atomic E-state index is -0.513. The van der Waals surface area contributed by atoms with Crippen LogP contribution in [-0.4, -0.2) is 29.8 Å². The van der Waals surface area contributed by atoms with Crippen LogP contribution in [0.5, 0.6) is 11.5 Å². The van der Waals surface area contributed by atoms with E-state index in [0.717, 1.165) is 28.0 Å². The number of benzene rings is 3. The Morgan fingerprint density at radius 2 is 1.00 bits per heavy atom. The molecule has 5 aromatic rings. The largest absolute Gasteiger partial charge is 0.423 e. The van der Waals surface area contributed by atoms with Crippen molar-refractivity contribution >= 4 is 25.2 Å². The van der Waals surface area contributed by atoms with Gasteiger partial charge in [-0.05, 0) is 60.7 Å². The Bertz CT molecular complexity index is 1420. The van der Waals surface area contributed by atoms with Gasteiger partial charge in [0.05, 0.1) is 22.5 Å². The number of nitrogens with zero attached hydrogens (tertiary/aromatic N) is 2. The van der Waals surface area contributed by atoms with Gasteiger partial charge in [0.1, 0.15) is 19.3 Å². The lowest BCUT2D eigenvalue weighted by Gasteiger charge is -2.10. The molecule has 0 N–H and O–H groups in total. The van der Waals surface area contributed by atoms with E-state index in [9.17, 15) is 9.59 Å². The van der Waals surface area contributed by atoms with Crippen LogP contribution in [0, 0.1) is 0 Å². The van der Waals surface area contributed by atoms with Crippen molar-refractivity contribution in [3.05, 3.63) is 127 Å². The number of aromatic nitrogens is 2. The summed E-state index contributed by atoms with van der Waals surface area (Å²) in [7, 11) is 1.83. The highest BCUT2D eigenvalue weighted by Gasteiger charge is 2.14. The van der Waals surface area contributed by atoms with Crippen molar-refractivity contribution < 1.29 is 19.1 Å². The average Bonchev–Trinajstić information content (AvgIpc) is 2.94. The molecule has 178 valence electrons. The van der Waals surface area contributed by atoms with Crippen molar-refractivity contribution in [3.63, 3.8) is 0 Å². The number of carbonyl (C=O) groups excluding carboxylic acids is 2. The first-order valence-corrected chi connectivity index (χ1v) is 11.6. The molecule has 2 heterocycles.